The van der Waals surface area contributed by atoms with E-state index in [0.29, 0.717) is 22.4 Å². The minimum atomic E-state index is -0.310. The zero-order valence-electron chi connectivity index (χ0n) is 14.5. The van der Waals surface area contributed by atoms with E-state index in [1.165, 1.54) is 10.7 Å². The Morgan fingerprint density at radius 2 is 1.78 bits per heavy atom. The molecule has 2 aromatic heterocycles. The van der Waals surface area contributed by atoms with Gasteiger partial charge in [0.1, 0.15) is 11.3 Å². The summed E-state index contributed by atoms with van der Waals surface area (Å²) < 4.78 is 15.5. The van der Waals surface area contributed by atoms with Crippen LogP contribution in [0.2, 0.25) is 5.15 Å². The van der Waals surface area contributed by atoms with Crippen molar-refractivity contribution in [3.63, 3.8) is 0 Å². The van der Waals surface area contributed by atoms with Crippen molar-refractivity contribution in [2.75, 3.05) is 5.32 Å². The zero-order valence-corrected chi connectivity index (χ0v) is 15.2. The molecule has 0 spiro atoms. The first-order valence-electron chi connectivity index (χ1n) is 8.43. The minimum Gasteiger partial charge on any atom is -0.360 e. The summed E-state index contributed by atoms with van der Waals surface area (Å²) in [6.07, 6.45) is 0. The summed E-state index contributed by atoms with van der Waals surface area (Å²) in [6.45, 7) is 2.21. The van der Waals surface area contributed by atoms with Crippen molar-refractivity contribution in [3.8, 4) is 0 Å². The molecule has 2 heterocycles. The van der Waals surface area contributed by atoms with Gasteiger partial charge < -0.3 is 5.32 Å². The van der Waals surface area contributed by atoms with Gasteiger partial charge in [-0.15, -0.1) is 15.3 Å². The van der Waals surface area contributed by atoms with Crippen LogP contribution in [0.4, 0.5) is 10.2 Å². The molecule has 0 saturated carbocycles. The fourth-order valence-corrected chi connectivity index (χ4v) is 3.12. The summed E-state index contributed by atoms with van der Waals surface area (Å²) >= 11 is 6.24. The standard InChI is InChI=1S/C19H16ClFN6/c1-12(13-7-3-2-4-8-13)22-19-16-17(18(20)24-25-19)27(26-23-16)11-14-9-5-6-10-15(14)21/h2-10,12H,11H2,1H3,(H,22,25)/t12-/m0/s1. The van der Waals surface area contributed by atoms with Gasteiger partial charge in [0.2, 0.25) is 0 Å². The molecular weight excluding hydrogens is 367 g/mol. The smallest absolute Gasteiger partial charge is 0.179 e. The number of nitrogens with zero attached hydrogens (tertiary/aromatic N) is 5. The van der Waals surface area contributed by atoms with Crippen molar-refractivity contribution in [2.24, 2.45) is 0 Å². The highest BCUT2D eigenvalue weighted by molar-refractivity contribution is 6.33. The van der Waals surface area contributed by atoms with Gasteiger partial charge >= 0.3 is 0 Å². The molecule has 6 nitrogen and oxygen atoms in total. The van der Waals surface area contributed by atoms with Gasteiger partial charge in [-0.2, -0.15) is 0 Å². The first-order chi connectivity index (χ1) is 13.1. The molecule has 27 heavy (non-hydrogen) atoms. The molecule has 0 fully saturated rings. The maximum Gasteiger partial charge on any atom is 0.179 e. The predicted octanol–water partition coefficient (Wildman–Crippen LogP) is 4.24. The maximum absolute atomic E-state index is 14.0. The lowest BCUT2D eigenvalue weighted by atomic mass is 10.1. The minimum absolute atomic E-state index is 0.0124. The highest BCUT2D eigenvalue weighted by Gasteiger charge is 2.18. The van der Waals surface area contributed by atoms with Crippen LogP contribution in [0.5, 0.6) is 0 Å². The topological polar surface area (TPSA) is 68.5 Å². The molecular formula is C19H16ClFN6. The van der Waals surface area contributed by atoms with Crippen molar-refractivity contribution >= 4 is 28.5 Å². The van der Waals surface area contributed by atoms with E-state index in [9.17, 15) is 4.39 Å². The molecule has 8 heteroatoms. The zero-order chi connectivity index (χ0) is 18.8. The van der Waals surface area contributed by atoms with Crippen LogP contribution in [0.1, 0.15) is 24.1 Å². The Bertz CT molecular complexity index is 1080. The van der Waals surface area contributed by atoms with Crippen LogP contribution >= 0.6 is 11.6 Å². The normalized spacial score (nSPS) is 12.3. The molecule has 2 aromatic carbocycles. The number of nitrogens with one attached hydrogen (secondary N) is 1. The summed E-state index contributed by atoms with van der Waals surface area (Å²) in [4.78, 5) is 0. The van der Waals surface area contributed by atoms with E-state index in [4.69, 9.17) is 11.6 Å². The van der Waals surface area contributed by atoms with Crippen molar-refractivity contribution < 1.29 is 4.39 Å². The second-order valence-corrected chi connectivity index (χ2v) is 6.51. The molecule has 4 aromatic rings. The predicted molar refractivity (Wildman–Crippen MR) is 102 cm³/mol. The quantitative estimate of drug-likeness (QED) is 0.559. The maximum atomic E-state index is 14.0. The average molecular weight is 383 g/mol. The molecule has 1 atom stereocenters. The lowest BCUT2D eigenvalue weighted by molar-refractivity contribution is 0.583. The highest BCUT2D eigenvalue weighted by Crippen LogP contribution is 2.27. The SMILES string of the molecule is C[C@H](Nc1nnc(Cl)c2c1nnn2Cc1ccccc1F)c1ccccc1. The Kier molecular flexibility index (Phi) is 4.68. The van der Waals surface area contributed by atoms with Gasteiger partial charge in [-0.1, -0.05) is 65.3 Å². The fraction of sp³-hybridized carbons (Fsp3) is 0.158. The Labute approximate surface area is 160 Å². The second kappa shape index (κ2) is 7.28. The lowest BCUT2D eigenvalue weighted by Crippen LogP contribution is -2.09. The van der Waals surface area contributed by atoms with Crippen molar-refractivity contribution in [1.82, 2.24) is 25.2 Å². The largest absolute Gasteiger partial charge is 0.360 e. The monoisotopic (exact) mass is 382 g/mol. The molecule has 0 radical (unpaired) electrons. The summed E-state index contributed by atoms with van der Waals surface area (Å²) in [6, 6.07) is 16.5. The van der Waals surface area contributed by atoms with Gasteiger partial charge in [-0.05, 0) is 18.6 Å². The first kappa shape index (κ1) is 17.4. The van der Waals surface area contributed by atoms with Crippen molar-refractivity contribution in [2.45, 2.75) is 19.5 Å². The number of halogens is 2. The number of hydrogen-bond donors (Lipinski definition) is 1. The van der Waals surface area contributed by atoms with Crippen LogP contribution in [0.25, 0.3) is 11.0 Å². The van der Waals surface area contributed by atoms with Gasteiger partial charge in [0, 0.05) is 5.56 Å². The van der Waals surface area contributed by atoms with E-state index in [-0.39, 0.29) is 23.6 Å². The molecule has 0 amide bonds. The van der Waals surface area contributed by atoms with E-state index in [1.807, 2.05) is 37.3 Å². The van der Waals surface area contributed by atoms with E-state index < -0.39 is 0 Å². The summed E-state index contributed by atoms with van der Waals surface area (Å²) in [5, 5.41) is 19.9. The Morgan fingerprint density at radius 1 is 1.04 bits per heavy atom. The van der Waals surface area contributed by atoms with E-state index in [0.717, 1.165) is 5.56 Å². The molecule has 1 N–H and O–H groups in total. The number of hydrogen-bond acceptors (Lipinski definition) is 5. The number of aromatic nitrogens is 5. The van der Waals surface area contributed by atoms with Crippen LogP contribution in [0, 0.1) is 5.82 Å². The average Bonchev–Trinajstić information content (AvgIpc) is 3.11. The van der Waals surface area contributed by atoms with Crippen LogP contribution < -0.4 is 5.32 Å². The molecule has 0 aliphatic carbocycles. The first-order valence-corrected chi connectivity index (χ1v) is 8.81. The lowest BCUT2D eigenvalue weighted by Gasteiger charge is -2.14. The number of anilines is 1. The molecule has 0 aliphatic rings. The number of rotatable bonds is 5. The summed E-state index contributed by atoms with van der Waals surface area (Å²) in [5.41, 5.74) is 2.59. The van der Waals surface area contributed by atoms with Crippen LogP contribution in [0.15, 0.2) is 54.6 Å². The van der Waals surface area contributed by atoms with Gasteiger partial charge in [-0.25, -0.2) is 9.07 Å². The van der Waals surface area contributed by atoms with Gasteiger partial charge in [0.15, 0.2) is 16.5 Å². The van der Waals surface area contributed by atoms with Crippen molar-refractivity contribution in [3.05, 3.63) is 76.7 Å². The third-order valence-corrected chi connectivity index (χ3v) is 4.58. The van der Waals surface area contributed by atoms with Crippen molar-refractivity contribution in [1.29, 1.82) is 0 Å². The summed E-state index contributed by atoms with van der Waals surface area (Å²) in [7, 11) is 0. The van der Waals surface area contributed by atoms with E-state index in [2.05, 4.69) is 25.8 Å². The Hall–Kier alpha value is -3.06. The Balaban J connectivity index is 1.69. The van der Waals surface area contributed by atoms with Gasteiger partial charge in [0.05, 0.1) is 12.6 Å². The third kappa shape index (κ3) is 3.46. The molecule has 4 rings (SSSR count). The number of benzene rings is 2. The second-order valence-electron chi connectivity index (χ2n) is 6.15. The third-order valence-electron chi connectivity index (χ3n) is 4.32. The van der Waals surface area contributed by atoms with E-state index >= 15 is 0 Å². The molecule has 0 aliphatic heterocycles. The van der Waals surface area contributed by atoms with Crippen LogP contribution in [-0.4, -0.2) is 25.2 Å². The molecule has 0 bridgehead atoms. The van der Waals surface area contributed by atoms with Crippen LogP contribution in [-0.2, 0) is 6.54 Å². The van der Waals surface area contributed by atoms with Gasteiger partial charge in [0.25, 0.3) is 0 Å². The van der Waals surface area contributed by atoms with Crippen LogP contribution in [0.3, 0.4) is 0 Å². The molecule has 0 unspecified atom stereocenters. The highest BCUT2D eigenvalue weighted by atomic mass is 35.5. The molecule has 136 valence electrons. The van der Waals surface area contributed by atoms with E-state index in [1.54, 1.807) is 18.2 Å². The van der Waals surface area contributed by atoms with Gasteiger partial charge in [-0.3, -0.25) is 0 Å². The Morgan fingerprint density at radius 3 is 2.56 bits per heavy atom. The molecule has 0 saturated heterocycles. The fourth-order valence-electron chi connectivity index (χ4n) is 2.89. The summed E-state index contributed by atoms with van der Waals surface area (Å²) in [5.74, 6) is 0.167. The number of fused-ring (bicyclic) bond motifs is 1.